The van der Waals surface area contributed by atoms with E-state index in [0.29, 0.717) is 16.6 Å². The number of rotatable bonds is 13. The van der Waals surface area contributed by atoms with Crippen molar-refractivity contribution in [3.05, 3.63) is 47.0 Å². The van der Waals surface area contributed by atoms with Gasteiger partial charge in [-0.25, -0.2) is 0 Å². The maximum atomic E-state index is 6.73. The maximum absolute atomic E-state index is 6.73. The van der Waals surface area contributed by atoms with Gasteiger partial charge in [0.15, 0.2) is 8.32 Å². The van der Waals surface area contributed by atoms with Crippen LogP contribution < -0.4 is 9.47 Å². The predicted molar refractivity (Wildman–Crippen MR) is 150 cm³/mol. The van der Waals surface area contributed by atoms with Crippen LogP contribution >= 0.6 is 0 Å². The molecule has 0 atom stereocenters. The molecule has 34 heavy (non-hydrogen) atoms. The van der Waals surface area contributed by atoms with Gasteiger partial charge in [0.2, 0.25) is 0 Å². The van der Waals surface area contributed by atoms with E-state index in [4.69, 9.17) is 13.9 Å². The number of fused-ring (bicyclic) bond motifs is 1. The molecule has 0 aromatic heterocycles. The molecule has 0 aliphatic rings. The van der Waals surface area contributed by atoms with Crippen molar-refractivity contribution in [2.45, 2.75) is 97.7 Å². The van der Waals surface area contributed by atoms with E-state index in [1.54, 1.807) is 14.2 Å². The standard InChI is InChI=1S/C30H48O3Si/c1-21(2)34(22(3)4,23(5)6)33-20-14-13-15-24(7)18-19-26-25(8)29(31-9)27-16-11-12-17-28(27)30(26)32-10/h11-12,16-18,21-23H,13-15,19-20H2,1-10H3/b24-18+. The normalized spacial score (nSPS) is 12.9. The Labute approximate surface area is 210 Å². The summed E-state index contributed by atoms with van der Waals surface area (Å²) in [6.07, 6.45) is 6.60. The fourth-order valence-electron chi connectivity index (χ4n) is 5.93. The molecule has 0 spiro atoms. The van der Waals surface area contributed by atoms with Crippen molar-refractivity contribution in [2.24, 2.45) is 0 Å². The van der Waals surface area contributed by atoms with Gasteiger partial charge in [-0.05, 0) is 61.7 Å². The summed E-state index contributed by atoms with van der Waals surface area (Å²) in [6, 6.07) is 8.33. The van der Waals surface area contributed by atoms with E-state index in [9.17, 15) is 0 Å². The molecule has 0 saturated heterocycles. The molecular weight excluding hydrogens is 436 g/mol. The first kappa shape index (κ1) is 28.5. The Kier molecular flexibility index (Phi) is 10.7. The Bertz CT molecular complexity index is 937. The summed E-state index contributed by atoms with van der Waals surface area (Å²) in [5.41, 5.74) is 5.73. The van der Waals surface area contributed by atoms with Gasteiger partial charge in [-0.2, -0.15) is 0 Å². The number of hydrogen-bond donors (Lipinski definition) is 0. The molecule has 2 aromatic carbocycles. The summed E-state index contributed by atoms with van der Waals surface area (Å²) in [7, 11) is 1.77. The van der Waals surface area contributed by atoms with Crippen molar-refractivity contribution in [2.75, 3.05) is 20.8 Å². The largest absolute Gasteiger partial charge is 0.496 e. The summed E-state index contributed by atoms with van der Waals surface area (Å²) in [5, 5.41) is 2.21. The molecule has 3 nitrogen and oxygen atoms in total. The van der Waals surface area contributed by atoms with Crippen molar-refractivity contribution in [3.8, 4) is 11.5 Å². The minimum atomic E-state index is -1.75. The minimum Gasteiger partial charge on any atom is -0.496 e. The van der Waals surface area contributed by atoms with Gasteiger partial charge in [-0.15, -0.1) is 0 Å². The second-order valence-corrected chi connectivity index (χ2v) is 16.1. The first-order valence-corrected chi connectivity index (χ1v) is 15.2. The summed E-state index contributed by atoms with van der Waals surface area (Å²) < 4.78 is 18.4. The fraction of sp³-hybridized carbons (Fsp3) is 0.600. The average molecular weight is 485 g/mol. The number of benzene rings is 2. The van der Waals surface area contributed by atoms with E-state index in [2.05, 4.69) is 79.7 Å². The smallest absolute Gasteiger partial charge is 0.200 e. The second-order valence-electron chi connectivity index (χ2n) is 10.6. The molecule has 0 radical (unpaired) electrons. The lowest BCUT2D eigenvalue weighted by Gasteiger charge is -2.42. The molecule has 0 amide bonds. The minimum absolute atomic E-state index is 0.645. The molecule has 0 aliphatic heterocycles. The Morgan fingerprint density at radius 1 is 0.853 bits per heavy atom. The monoisotopic (exact) mass is 484 g/mol. The van der Waals surface area contributed by atoms with E-state index < -0.39 is 8.32 Å². The highest BCUT2D eigenvalue weighted by Gasteiger charge is 2.44. The van der Waals surface area contributed by atoms with Crippen LogP contribution in [0.1, 0.15) is 78.9 Å². The van der Waals surface area contributed by atoms with Crippen LogP contribution in [0.15, 0.2) is 35.9 Å². The average Bonchev–Trinajstić information content (AvgIpc) is 2.79. The van der Waals surface area contributed by atoms with E-state index in [1.165, 1.54) is 11.1 Å². The quantitative estimate of drug-likeness (QED) is 0.161. The molecule has 0 fully saturated rings. The summed E-state index contributed by atoms with van der Waals surface area (Å²) >= 11 is 0. The van der Waals surface area contributed by atoms with Crippen LogP contribution in [0.3, 0.4) is 0 Å². The first-order valence-electron chi connectivity index (χ1n) is 13.0. The third-order valence-electron chi connectivity index (χ3n) is 7.57. The van der Waals surface area contributed by atoms with Gasteiger partial charge < -0.3 is 13.9 Å². The van der Waals surface area contributed by atoms with Gasteiger partial charge in [0.05, 0.1) is 14.2 Å². The lowest BCUT2D eigenvalue weighted by atomic mass is 9.95. The Hall–Kier alpha value is -1.78. The fourth-order valence-corrected chi connectivity index (χ4v) is 11.4. The van der Waals surface area contributed by atoms with Crippen LogP contribution in [0, 0.1) is 6.92 Å². The highest BCUT2D eigenvalue weighted by atomic mass is 28.4. The van der Waals surface area contributed by atoms with Gasteiger partial charge in [-0.3, -0.25) is 0 Å². The van der Waals surface area contributed by atoms with E-state index in [1.807, 2.05) is 6.07 Å². The van der Waals surface area contributed by atoms with Crippen molar-refractivity contribution in [1.29, 1.82) is 0 Å². The van der Waals surface area contributed by atoms with Gasteiger partial charge in [0, 0.05) is 22.9 Å². The molecule has 0 heterocycles. The van der Waals surface area contributed by atoms with Gasteiger partial charge >= 0.3 is 0 Å². The van der Waals surface area contributed by atoms with Crippen molar-refractivity contribution >= 4 is 19.1 Å². The highest BCUT2D eigenvalue weighted by Crippen LogP contribution is 2.43. The zero-order valence-corrected chi connectivity index (χ0v) is 24.4. The molecule has 4 heteroatoms. The molecular formula is C30H48O3Si. The lowest BCUT2D eigenvalue weighted by Crippen LogP contribution is -2.47. The van der Waals surface area contributed by atoms with Gasteiger partial charge in [-0.1, -0.05) is 77.5 Å². The molecule has 2 aromatic rings. The van der Waals surface area contributed by atoms with E-state index in [0.717, 1.165) is 60.1 Å². The summed E-state index contributed by atoms with van der Waals surface area (Å²) in [6.45, 7) is 19.4. The highest BCUT2D eigenvalue weighted by molar-refractivity contribution is 6.77. The van der Waals surface area contributed by atoms with Crippen LogP contribution in [-0.4, -0.2) is 29.1 Å². The number of unbranched alkanes of at least 4 members (excludes halogenated alkanes) is 1. The number of allylic oxidation sites excluding steroid dienone is 2. The Morgan fingerprint density at radius 2 is 1.38 bits per heavy atom. The lowest BCUT2D eigenvalue weighted by molar-refractivity contribution is 0.269. The van der Waals surface area contributed by atoms with Crippen LogP contribution in [0.25, 0.3) is 10.8 Å². The van der Waals surface area contributed by atoms with Crippen LogP contribution in [0.5, 0.6) is 11.5 Å². The van der Waals surface area contributed by atoms with Crippen LogP contribution in [0.2, 0.25) is 16.6 Å². The van der Waals surface area contributed by atoms with Crippen molar-refractivity contribution < 1.29 is 13.9 Å². The summed E-state index contributed by atoms with van der Waals surface area (Å²) in [5.74, 6) is 1.91. The van der Waals surface area contributed by atoms with Gasteiger partial charge in [0.25, 0.3) is 0 Å². The number of methoxy groups -OCH3 is 2. The zero-order valence-electron chi connectivity index (χ0n) is 23.4. The molecule has 0 aliphatic carbocycles. The SMILES string of the molecule is COc1c(C)c(C/C=C(\C)CCCCO[Si](C(C)C)(C(C)C)C(C)C)c(OC)c2ccccc12. The van der Waals surface area contributed by atoms with E-state index in [-0.39, 0.29) is 0 Å². The third-order valence-corrected chi connectivity index (χ3v) is 13.7. The third kappa shape index (κ3) is 6.06. The van der Waals surface area contributed by atoms with E-state index >= 15 is 0 Å². The predicted octanol–water partition coefficient (Wildman–Crippen LogP) is 9.02. The number of ether oxygens (including phenoxy) is 2. The van der Waals surface area contributed by atoms with Gasteiger partial charge in [0.1, 0.15) is 11.5 Å². The molecule has 2 rings (SSSR count). The molecule has 0 unspecified atom stereocenters. The molecule has 0 N–H and O–H groups in total. The Balaban J connectivity index is 2.05. The summed E-state index contributed by atoms with van der Waals surface area (Å²) in [4.78, 5) is 0. The second kappa shape index (κ2) is 12.8. The van der Waals surface area contributed by atoms with Crippen LogP contribution in [0.4, 0.5) is 0 Å². The number of hydrogen-bond acceptors (Lipinski definition) is 3. The maximum Gasteiger partial charge on any atom is 0.200 e. The molecule has 0 saturated carbocycles. The van der Waals surface area contributed by atoms with Crippen molar-refractivity contribution in [1.82, 2.24) is 0 Å². The van der Waals surface area contributed by atoms with Crippen molar-refractivity contribution in [3.63, 3.8) is 0 Å². The Morgan fingerprint density at radius 3 is 1.88 bits per heavy atom. The van der Waals surface area contributed by atoms with Crippen LogP contribution in [-0.2, 0) is 10.8 Å². The first-order chi connectivity index (χ1) is 16.1. The topological polar surface area (TPSA) is 27.7 Å². The molecule has 190 valence electrons. The zero-order chi connectivity index (χ0) is 25.5. The molecule has 0 bridgehead atoms.